The quantitative estimate of drug-likeness (QED) is 0.716. The number of hydrogen-bond donors (Lipinski definition) is 2. The molecule has 92 valence electrons. The van der Waals surface area contributed by atoms with E-state index in [4.69, 9.17) is 5.73 Å². The highest BCUT2D eigenvalue weighted by Crippen LogP contribution is 2.21. The molecule has 16 heavy (non-hydrogen) atoms. The van der Waals surface area contributed by atoms with Crippen molar-refractivity contribution in [1.82, 2.24) is 5.32 Å². The number of nitrogens with two attached hydrogens (primary N) is 1. The van der Waals surface area contributed by atoms with Gasteiger partial charge in [-0.3, -0.25) is 4.79 Å². The van der Waals surface area contributed by atoms with E-state index >= 15 is 0 Å². The number of carbonyl (C=O) groups is 1. The molecule has 3 nitrogen and oxygen atoms in total. The van der Waals surface area contributed by atoms with Crippen molar-refractivity contribution in [3.8, 4) is 0 Å². The topological polar surface area (TPSA) is 55.1 Å². The van der Waals surface area contributed by atoms with Crippen LogP contribution in [0.1, 0.15) is 40.0 Å². The fourth-order valence-electron chi connectivity index (χ4n) is 2.16. The van der Waals surface area contributed by atoms with Gasteiger partial charge in [-0.2, -0.15) is 0 Å². The third-order valence-electron chi connectivity index (χ3n) is 3.14. The maximum absolute atomic E-state index is 11.4. The molecule has 2 atom stereocenters. The van der Waals surface area contributed by atoms with Crippen LogP contribution >= 0.6 is 0 Å². The van der Waals surface area contributed by atoms with Crippen molar-refractivity contribution >= 4 is 5.91 Å². The lowest BCUT2D eigenvalue weighted by Crippen LogP contribution is -2.51. The van der Waals surface area contributed by atoms with Crippen LogP contribution in [0.15, 0.2) is 12.2 Å². The Hall–Kier alpha value is -0.830. The normalized spacial score (nSPS) is 23.1. The Morgan fingerprint density at radius 3 is 2.62 bits per heavy atom. The second-order valence-corrected chi connectivity index (χ2v) is 5.76. The van der Waals surface area contributed by atoms with Gasteiger partial charge in [-0.15, -0.1) is 0 Å². The Balaban J connectivity index is 2.44. The van der Waals surface area contributed by atoms with Gasteiger partial charge in [0.2, 0.25) is 5.91 Å². The summed E-state index contributed by atoms with van der Waals surface area (Å²) < 4.78 is 0. The van der Waals surface area contributed by atoms with Gasteiger partial charge in [-0.05, 0) is 37.1 Å². The van der Waals surface area contributed by atoms with Gasteiger partial charge in [0.15, 0.2) is 0 Å². The molecule has 0 aromatic carbocycles. The van der Waals surface area contributed by atoms with Crippen LogP contribution in [0.25, 0.3) is 0 Å². The minimum Gasteiger partial charge on any atom is -0.368 e. The SMILES string of the molecule is CC(C)(C)C(NCC1CC=CCC1)C(N)=O. The average molecular weight is 224 g/mol. The first-order valence-corrected chi connectivity index (χ1v) is 6.09. The number of amides is 1. The zero-order valence-corrected chi connectivity index (χ0v) is 10.6. The van der Waals surface area contributed by atoms with Crippen LogP contribution in [0.3, 0.4) is 0 Å². The molecule has 1 aliphatic rings. The molecule has 0 aromatic rings. The molecule has 0 radical (unpaired) electrons. The number of allylic oxidation sites excluding steroid dienone is 2. The van der Waals surface area contributed by atoms with E-state index < -0.39 is 0 Å². The van der Waals surface area contributed by atoms with Crippen LogP contribution in [0, 0.1) is 11.3 Å². The molecule has 1 rings (SSSR count). The number of primary amides is 1. The van der Waals surface area contributed by atoms with Crippen LogP contribution in [-0.2, 0) is 4.79 Å². The second kappa shape index (κ2) is 5.48. The highest BCUT2D eigenvalue weighted by Gasteiger charge is 2.29. The Bertz CT molecular complexity index is 266. The Kier molecular flexibility index (Phi) is 4.54. The summed E-state index contributed by atoms with van der Waals surface area (Å²) in [6.45, 7) is 7.00. The first-order chi connectivity index (χ1) is 7.41. The van der Waals surface area contributed by atoms with E-state index in [1.54, 1.807) is 0 Å². The van der Waals surface area contributed by atoms with Crippen LogP contribution < -0.4 is 11.1 Å². The van der Waals surface area contributed by atoms with Gasteiger partial charge < -0.3 is 11.1 Å². The predicted molar refractivity (Wildman–Crippen MR) is 66.9 cm³/mol. The number of hydrogen-bond acceptors (Lipinski definition) is 2. The molecule has 0 spiro atoms. The van der Waals surface area contributed by atoms with Gasteiger partial charge >= 0.3 is 0 Å². The fourth-order valence-corrected chi connectivity index (χ4v) is 2.16. The minimum absolute atomic E-state index is 0.115. The van der Waals surface area contributed by atoms with Crippen molar-refractivity contribution in [2.24, 2.45) is 17.1 Å². The molecule has 0 aromatic heterocycles. The largest absolute Gasteiger partial charge is 0.368 e. The Morgan fingerprint density at radius 2 is 2.19 bits per heavy atom. The lowest BCUT2D eigenvalue weighted by Gasteiger charge is -2.30. The molecule has 0 saturated carbocycles. The predicted octanol–water partition coefficient (Wildman–Crippen LogP) is 1.83. The van der Waals surface area contributed by atoms with E-state index in [0.717, 1.165) is 19.4 Å². The third-order valence-corrected chi connectivity index (χ3v) is 3.14. The van der Waals surface area contributed by atoms with Gasteiger partial charge in [0, 0.05) is 0 Å². The standard InChI is InChI=1S/C13H24N2O/c1-13(2,3)11(12(14)16)15-9-10-7-5-4-6-8-10/h4-5,10-11,15H,6-9H2,1-3H3,(H2,14,16). The second-order valence-electron chi connectivity index (χ2n) is 5.76. The molecule has 0 fully saturated rings. The number of rotatable bonds is 4. The smallest absolute Gasteiger partial charge is 0.235 e. The van der Waals surface area contributed by atoms with E-state index in [1.807, 2.05) is 20.8 Å². The van der Waals surface area contributed by atoms with Crippen LogP contribution in [-0.4, -0.2) is 18.5 Å². The summed E-state index contributed by atoms with van der Waals surface area (Å²) in [6, 6.07) is -0.238. The summed E-state index contributed by atoms with van der Waals surface area (Å²) in [5.41, 5.74) is 5.31. The van der Waals surface area contributed by atoms with Crippen molar-refractivity contribution in [3.05, 3.63) is 12.2 Å². The Morgan fingerprint density at radius 1 is 1.50 bits per heavy atom. The van der Waals surface area contributed by atoms with Gasteiger partial charge in [0.05, 0.1) is 6.04 Å². The van der Waals surface area contributed by atoms with Crippen molar-refractivity contribution in [3.63, 3.8) is 0 Å². The summed E-state index contributed by atoms with van der Waals surface area (Å²) in [4.78, 5) is 11.4. The summed E-state index contributed by atoms with van der Waals surface area (Å²) in [7, 11) is 0. The molecule has 1 aliphatic carbocycles. The van der Waals surface area contributed by atoms with Gasteiger partial charge in [-0.25, -0.2) is 0 Å². The highest BCUT2D eigenvalue weighted by atomic mass is 16.1. The molecule has 3 heteroatoms. The van der Waals surface area contributed by atoms with Crippen LogP contribution in [0.2, 0.25) is 0 Å². The lowest BCUT2D eigenvalue weighted by molar-refractivity contribution is -0.122. The van der Waals surface area contributed by atoms with Gasteiger partial charge in [0.25, 0.3) is 0 Å². The molecule has 1 amide bonds. The van der Waals surface area contributed by atoms with Gasteiger partial charge in [0.1, 0.15) is 0 Å². The first kappa shape index (κ1) is 13.2. The van der Waals surface area contributed by atoms with E-state index in [9.17, 15) is 4.79 Å². The minimum atomic E-state index is -0.251. The molecular weight excluding hydrogens is 200 g/mol. The summed E-state index contributed by atoms with van der Waals surface area (Å²) in [5.74, 6) is 0.396. The summed E-state index contributed by atoms with van der Waals surface area (Å²) >= 11 is 0. The van der Waals surface area contributed by atoms with Crippen molar-refractivity contribution in [1.29, 1.82) is 0 Å². The van der Waals surface area contributed by atoms with Gasteiger partial charge in [-0.1, -0.05) is 32.9 Å². The highest BCUT2D eigenvalue weighted by molar-refractivity contribution is 5.80. The van der Waals surface area contributed by atoms with E-state index in [0.29, 0.717) is 5.92 Å². The molecule has 0 aliphatic heterocycles. The van der Waals surface area contributed by atoms with Crippen molar-refractivity contribution in [2.45, 2.75) is 46.1 Å². The van der Waals surface area contributed by atoms with Crippen molar-refractivity contribution < 1.29 is 4.79 Å². The summed E-state index contributed by atoms with van der Waals surface area (Å²) in [5, 5.41) is 3.32. The van der Waals surface area contributed by atoms with Crippen molar-refractivity contribution in [2.75, 3.05) is 6.54 Å². The van der Waals surface area contributed by atoms with Crippen LogP contribution in [0.5, 0.6) is 0 Å². The molecular formula is C13H24N2O. The molecule has 0 saturated heterocycles. The summed E-state index contributed by atoms with van der Waals surface area (Å²) in [6.07, 6.45) is 7.93. The molecule has 0 bridgehead atoms. The van der Waals surface area contributed by atoms with E-state index in [1.165, 1.54) is 6.42 Å². The van der Waals surface area contributed by atoms with Crippen LogP contribution in [0.4, 0.5) is 0 Å². The maximum atomic E-state index is 11.4. The lowest BCUT2D eigenvalue weighted by atomic mass is 9.85. The van der Waals surface area contributed by atoms with E-state index in [-0.39, 0.29) is 17.4 Å². The zero-order valence-electron chi connectivity index (χ0n) is 10.6. The molecule has 3 N–H and O–H groups in total. The van der Waals surface area contributed by atoms with E-state index in [2.05, 4.69) is 17.5 Å². The molecule has 2 unspecified atom stereocenters. The monoisotopic (exact) mass is 224 g/mol. The maximum Gasteiger partial charge on any atom is 0.235 e. The first-order valence-electron chi connectivity index (χ1n) is 6.09. The average Bonchev–Trinajstić information content (AvgIpc) is 2.17. The molecule has 0 heterocycles. The third kappa shape index (κ3) is 3.97. The fraction of sp³-hybridized carbons (Fsp3) is 0.769. The zero-order chi connectivity index (χ0) is 12.2. The number of carbonyl (C=O) groups excluding carboxylic acids is 1. The Labute approximate surface area is 98.5 Å². The number of nitrogens with one attached hydrogen (secondary N) is 1.